The van der Waals surface area contributed by atoms with Gasteiger partial charge in [-0.2, -0.15) is 0 Å². The Morgan fingerprint density at radius 1 is 0.974 bits per heavy atom. The average Bonchev–Trinajstić information content (AvgIpc) is 3.35. The quantitative estimate of drug-likeness (QED) is 0.0511. The van der Waals surface area contributed by atoms with Gasteiger partial charge in [0.25, 0.3) is 0 Å². The summed E-state index contributed by atoms with van der Waals surface area (Å²) in [7, 11) is 0. The first-order valence-corrected chi connectivity index (χ1v) is 12.5. The first-order valence-electron chi connectivity index (χ1n) is 12.5. The molecule has 0 bridgehead atoms. The number of nitrogens with two attached hydrogens (primary N) is 4. The molecule has 16 nitrogen and oxygen atoms in total. The Kier molecular flexibility index (Phi) is 14.0. The van der Waals surface area contributed by atoms with Crippen LogP contribution in [0.15, 0.2) is 17.5 Å². The summed E-state index contributed by atoms with van der Waals surface area (Å²) in [5.41, 5.74) is 22.2. The van der Waals surface area contributed by atoms with E-state index in [4.69, 9.17) is 22.9 Å². The standard InChI is InChI=1S/C23H40N10O6/c1-12(2)8-16(21(37)33-17(22(38)39)9-13-10-28-11-30-13)32-20(36)15(5-6-18(25)34)31-19(35)14(24)4-3-7-29-23(26)27/h10-12,14-17H,3-9,24H2,1-2H3,(H2,25,34)(H,28,30)(H,31,35)(H,32,36)(H,33,37)(H,38,39)(H4,26,27,29). The van der Waals surface area contributed by atoms with Gasteiger partial charge in [-0.3, -0.25) is 24.2 Å². The number of aliphatic imine (C=N–C) groups is 1. The average molecular weight is 553 g/mol. The number of amides is 4. The van der Waals surface area contributed by atoms with E-state index in [0.29, 0.717) is 12.1 Å². The molecule has 0 aliphatic carbocycles. The van der Waals surface area contributed by atoms with Gasteiger partial charge in [-0.1, -0.05) is 13.8 Å². The van der Waals surface area contributed by atoms with Gasteiger partial charge < -0.3 is 49.0 Å². The van der Waals surface area contributed by atoms with E-state index < -0.39 is 53.8 Å². The second-order valence-electron chi connectivity index (χ2n) is 9.49. The smallest absolute Gasteiger partial charge is 0.326 e. The highest BCUT2D eigenvalue weighted by molar-refractivity contribution is 5.94. The topological polar surface area (TPSA) is 287 Å². The summed E-state index contributed by atoms with van der Waals surface area (Å²) in [6.07, 6.45) is 3.21. The van der Waals surface area contributed by atoms with Crippen LogP contribution in [0.2, 0.25) is 0 Å². The van der Waals surface area contributed by atoms with Gasteiger partial charge >= 0.3 is 5.97 Å². The molecule has 4 atom stereocenters. The van der Waals surface area contributed by atoms with Gasteiger partial charge in [0.05, 0.1) is 12.4 Å². The van der Waals surface area contributed by atoms with Gasteiger partial charge in [0.1, 0.15) is 18.1 Å². The van der Waals surface area contributed by atoms with Crippen LogP contribution in [0.5, 0.6) is 0 Å². The molecule has 4 amide bonds. The highest BCUT2D eigenvalue weighted by Gasteiger charge is 2.31. The van der Waals surface area contributed by atoms with E-state index in [1.807, 2.05) is 13.8 Å². The van der Waals surface area contributed by atoms with Gasteiger partial charge in [0, 0.05) is 31.3 Å². The molecule has 0 aromatic carbocycles. The fourth-order valence-corrected chi connectivity index (χ4v) is 3.55. The Balaban J connectivity index is 2.95. The lowest BCUT2D eigenvalue weighted by Crippen LogP contribution is -2.57. The van der Waals surface area contributed by atoms with Crippen LogP contribution in [-0.4, -0.2) is 81.3 Å². The number of hydrogen-bond acceptors (Lipinski definition) is 8. The van der Waals surface area contributed by atoms with E-state index in [1.54, 1.807) is 0 Å². The second kappa shape index (κ2) is 16.6. The molecule has 4 unspecified atom stereocenters. The normalized spacial score (nSPS) is 13.9. The lowest BCUT2D eigenvalue weighted by Gasteiger charge is -2.26. The summed E-state index contributed by atoms with van der Waals surface area (Å²) in [5, 5.41) is 17.1. The number of nitrogens with one attached hydrogen (secondary N) is 4. The van der Waals surface area contributed by atoms with E-state index in [9.17, 15) is 29.1 Å². The largest absolute Gasteiger partial charge is 0.480 e. The van der Waals surface area contributed by atoms with Crippen molar-refractivity contribution >= 4 is 35.6 Å². The van der Waals surface area contributed by atoms with Crippen molar-refractivity contribution in [1.82, 2.24) is 25.9 Å². The third kappa shape index (κ3) is 13.2. The summed E-state index contributed by atoms with van der Waals surface area (Å²) < 4.78 is 0. The molecule has 0 aliphatic heterocycles. The molecule has 1 rings (SSSR count). The molecule has 16 heteroatoms. The molecule has 39 heavy (non-hydrogen) atoms. The number of H-pyrrole nitrogens is 1. The molecule has 13 N–H and O–H groups in total. The van der Waals surface area contributed by atoms with Crippen molar-refractivity contribution in [3.05, 3.63) is 18.2 Å². The van der Waals surface area contributed by atoms with Crippen LogP contribution < -0.4 is 38.9 Å². The van der Waals surface area contributed by atoms with Crippen LogP contribution in [0, 0.1) is 5.92 Å². The molecule has 0 radical (unpaired) electrons. The maximum atomic E-state index is 13.1. The molecule has 0 fully saturated rings. The minimum Gasteiger partial charge on any atom is -0.480 e. The van der Waals surface area contributed by atoms with Crippen LogP contribution in [-0.2, 0) is 30.4 Å². The van der Waals surface area contributed by atoms with Crippen molar-refractivity contribution in [2.45, 2.75) is 76.5 Å². The highest BCUT2D eigenvalue weighted by atomic mass is 16.4. The lowest BCUT2D eigenvalue weighted by molar-refractivity contribution is -0.142. The number of carbonyl (C=O) groups is 5. The van der Waals surface area contributed by atoms with Gasteiger partial charge in [-0.25, -0.2) is 9.78 Å². The van der Waals surface area contributed by atoms with E-state index in [2.05, 4.69) is 30.9 Å². The van der Waals surface area contributed by atoms with Crippen molar-refractivity contribution in [3.8, 4) is 0 Å². The van der Waals surface area contributed by atoms with E-state index in [0.717, 1.165) is 0 Å². The van der Waals surface area contributed by atoms with Crippen LogP contribution >= 0.6 is 0 Å². The Bertz CT molecular complexity index is 994. The van der Waals surface area contributed by atoms with E-state index >= 15 is 0 Å². The number of aliphatic carboxylic acids is 1. The zero-order valence-electron chi connectivity index (χ0n) is 22.2. The number of nitrogens with zero attached hydrogens (tertiary/aromatic N) is 2. The highest BCUT2D eigenvalue weighted by Crippen LogP contribution is 2.09. The second-order valence-corrected chi connectivity index (χ2v) is 9.49. The molecular formula is C23H40N10O6. The Morgan fingerprint density at radius 3 is 2.13 bits per heavy atom. The fourth-order valence-electron chi connectivity index (χ4n) is 3.55. The van der Waals surface area contributed by atoms with Crippen molar-refractivity contribution in [2.75, 3.05) is 6.54 Å². The SMILES string of the molecule is CC(C)CC(NC(=O)C(CCC(N)=O)NC(=O)C(N)CCCN=C(N)N)C(=O)NC(Cc1cnc[nH]1)C(=O)O. The Labute approximate surface area is 226 Å². The minimum atomic E-state index is -1.29. The fraction of sp³-hybridized carbons (Fsp3) is 0.609. The Morgan fingerprint density at radius 2 is 1.59 bits per heavy atom. The zero-order valence-corrected chi connectivity index (χ0v) is 22.2. The maximum Gasteiger partial charge on any atom is 0.326 e. The zero-order chi connectivity index (χ0) is 29.5. The molecule has 0 saturated carbocycles. The summed E-state index contributed by atoms with van der Waals surface area (Å²) >= 11 is 0. The number of imidazole rings is 1. The number of aromatic nitrogens is 2. The van der Waals surface area contributed by atoms with Crippen molar-refractivity contribution in [1.29, 1.82) is 0 Å². The number of hydrogen-bond donors (Lipinski definition) is 9. The predicted molar refractivity (Wildman–Crippen MR) is 141 cm³/mol. The van der Waals surface area contributed by atoms with Crippen molar-refractivity contribution in [3.63, 3.8) is 0 Å². The number of carboxylic acids is 1. The van der Waals surface area contributed by atoms with Gasteiger partial charge in [-0.05, 0) is 31.6 Å². The third-order valence-corrected chi connectivity index (χ3v) is 5.55. The number of carboxylic acid groups (broad SMARTS) is 1. The maximum absolute atomic E-state index is 13.1. The minimum absolute atomic E-state index is 0.0538. The van der Waals surface area contributed by atoms with E-state index in [1.165, 1.54) is 12.5 Å². The van der Waals surface area contributed by atoms with Gasteiger partial charge in [0.2, 0.25) is 23.6 Å². The molecule has 1 aromatic rings. The molecule has 0 saturated heterocycles. The number of carbonyl (C=O) groups excluding carboxylic acids is 4. The lowest BCUT2D eigenvalue weighted by atomic mass is 10.0. The first kappa shape index (κ1) is 32.8. The molecule has 1 heterocycles. The van der Waals surface area contributed by atoms with Crippen LogP contribution in [0.25, 0.3) is 0 Å². The van der Waals surface area contributed by atoms with Crippen LogP contribution in [0.3, 0.4) is 0 Å². The van der Waals surface area contributed by atoms with Crippen LogP contribution in [0.4, 0.5) is 0 Å². The summed E-state index contributed by atoms with van der Waals surface area (Å²) in [6.45, 7) is 3.90. The van der Waals surface area contributed by atoms with Crippen molar-refractivity contribution < 1.29 is 29.1 Å². The van der Waals surface area contributed by atoms with Gasteiger partial charge in [0.15, 0.2) is 5.96 Å². The first-order chi connectivity index (χ1) is 18.3. The summed E-state index contributed by atoms with van der Waals surface area (Å²) in [4.78, 5) is 72.3. The number of aromatic amines is 1. The molecular weight excluding hydrogens is 512 g/mol. The molecule has 1 aromatic heterocycles. The third-order valence-electron chi connectivity index (χ3n) is 5.55. The number of primary amides is 1. The summed E-state index contributed by atoms with van der Waals surface area (Å²) in [5.74, 6) is -4.24. The monoisotopic (exact) mass is 552 g/mol. The summed E-state index contributed by atoms with van der Waals surface area (Å²) in [6, 6.07) is -4.62. The Hall–Kier alpha value is -4.21. The van der Waals surface area contributed by atoms with Crippen molar-refractivity contribution in [2.24, 2.45) is 33.8 Å². The number of rotatable bonds is 18. The van der Waals surface area contributed by atoms with Crippen LogP contribution in [0.1, 0.15) is 51.6 Å². The van der Waals surface area contributed by atoms with Gasteiger partial charge in [-0.15, -0.1) is 0 Å². The molecule has 0 aliphatic rings. The molecule has 218 valence electrons. The molecule has 0 spiro atoms. The predicted octanol–water partition coefficient (Wildman–Crippen LogP) is -2.82. The van der Waals surface area contributed by atoms with E-state index in [-0.39, 0.29) is 50.5 Å². The number of guanidine groups is 1.